The van der Waals surface area contributed by atoms with E-state index in [9.17, 15) is 0 Å². The van der Waals surface area contributed by atoms with Crippen LogP contribution in [0.25, 0.3) is 0 Å². The van der Waals surface area contributed by atoms with E-state index in [0.29, 0.717) is 6.54 Å². The Balaban J connectivity index is 1.79. The first-order valence-electron chi connectivity index (χ1n) is 6.90. The monoisotopic (exact) mass is 232 g/mol. The van der Waals surface area contributed by atoms with Crippen molar-refractivity contribution in [1.82, 2.24) is 5.32 Å². The van der Waals surface area contributed by atoms with E-state index in [0.717, 1.165) is 12.6 Å². The SMILES string of the molecule is NCc1ccc(CNC2CCCCCC2)cc1. The lowest BCUT2D eigenvalue weighted by atomic mass is 10.1. The molecule has 1 saturated carbocycles. The molecule has 0 saturated heterocycles. The lowest BCUT2D eigenvalue weighted by Gasteiger charge is -2.16. The Morgan fingerprint density at radius 3 is 2.12 bits per heavy atom. The van der Waals surface area contributed by atoms with Crippen LogP contribution in [-0.4, -0.2) is 6.04 Å². The van der Waals surface area contributed by atoms with Gasteiger partial charge >= 0.3 is 0 Å². The third-order valence-electron chi connectivity index (χ3n) is 3.71. The average Bonchev–Trinajstić information content (AvgIpc) is 2.65. The lowest BCUT2D eigenvalue weighted by Crippen LogP contribution is -2.27. The Kier molecular flexibility index (Phi) is 5.02. The van der Waals surface area contributed by atoms with E-state index in [-0.39, 0.29) is 0 Å². The molecule has 0 bridgehead atoms. The Morgan fingerprint density at radius 1 is 0.941 bits per heavy atom. The zero-order valence-corrected chi connectivity index (χ0v) is 10.6. The second kappa shape index (κ2) is 6.77. The molecule has 0 radical (unpaired) electrons. The molecule has 2 rings (SSSR count). The molecule has 1 aliphatic carbocycles. The number of hydrogen-bond donors (Lipinski definition) is 2. The van der Waals surface area contributed by atoms with E-state index in [1.165, 1.54) is 49.7 Å². The molecule has 1 aliphatic rings. The summed E-state index contributed by atoms with van der Waals surface area (Å²) in [6.45, 7) is 1.63. The highest BCUT2D eigenvalue weighted by Crippen LogP contribution is 2.17. The van der Waals surface area contributed by atoms with Gasteiger partial charge in [-0.3, -0.25) is 0 Å². The van der Waals surface area contributed by atoms with Gasteiger partial charge < -0.3 is 11.1 Å². The Labute approximate surface area is 105 Å². The van der Waals surface area contributed by atoms with Crippen molar-refractivity contribution < 1.29 is 0 Å². The van der Waals surface area contributed by atoms with Crippen molar-refractivity contribution in [2.24, 2.45) is 5.73 Å². The molecule has 94 valence electrons. The van der Waals surface area contributed by atoms with Crippen molar-refractivity contribution in [1.29, 1.82) is 0 Å². The normalized spacial score (nSPS) is 17.9. The van der Waals surface area contributed by atoms with Gasteiger partial charge in [0.1, 0.15) is 0 Å². The average molecular weight is 232 g/mol. The maximum absolute atomic E-state index is 5.59. The maximum Gasteiger partial charge on any atom is 0.0208 e. The predicted molar refractivity (Wildman–Crippen MR) is 72.7 cm³/mol. The summed E-state index contributed by atoms with van der Waals surface area (Å²) >= 11 is 0. The van der Waals surface area contributed by atoms with Gasteiger partial charge in [-0.2, -0.15) is 0 Å². The highest BCUT2D eigenvalue weighted by Gasteiger charge is 2.10. The zero-order valence-electron chi connectivity index (χ0n) is 10.6. The minimum Gasteiger partial charge on any atom is -0.326 e. The molecule has 1 aromatic carbocycles. The maximum atomic E-state index is 5.59. The predicted octanol–water partition coefficient (Wildman–Crippen LogP) is 2.96. The van der Waals surface area contributed by atoms with Crippen LogP contribution in [0.15, 0.2) is 24.3 Å². The summed E-state index contributed by atoms with van der Waals surface area (Å²) in [6.07, 6.45) is 8.32. The van der Waals surface area contributed by atoms with Crippen LogP contribution in [0.4, 0.5) is 0 Å². The molecular formula is C15H24N2. The first-order chi connectivity index (χ1) is 8.38. The molecule has 0 spiro atoms. The fraction of sp³-hybridized carbons (Fsp3) is 0.600. The molecule has 2 heteroatoms. The zero-order chi connectivity index (χ0) is 11.9. The van der Waals surface area contributed by atoms with Gasteiger partial charge in [0.15, 0.2) is 0 Å². The Hall–Kier alpha value is -0.860. The molecule has 3 N–H and O–H groups in total. The minimum atomic E-state index is 0.635. The summed E-state index contributed by atoms with van der Waals surface area (Å²) in [5.74, 6) is 0. The minimum absolute atomic E-state index is 0.635. The lowest BCUT2D eigenvalue weighted by molar-refractivity contribution is 0.459. The van der Waals surface area contributed by atoms with Crippen LogP contribution in [0.3, 0.4) is 0 Å². The summed E-state index contributed by atoms with van der Waals surface area (Å²) < 4.78 is 0. The Morgan fingerprint density at radius 2 is 1.53 bits per heavy atom. The third kappa shape index (κ3) is 4.14. The first kappa shape index (κ1) is 12.6. The molecule has 17 heavy (non-hydrogen) atoms. The summed E-state index contributed by atoms with van der Waals surface area (Å²) in [5.41, 5.74) is 8.17. The topological polar surface area (TPSA) is 38.0 Å². The molecule has 1 aromatic rings. The quantitative estimate of drug-likeness (QED) is 0.783. The van der Waals surface area contributed by atoms with Gasteiger partial charge in [0, 0.05) is 19.1 Å². The number of nitrogens with two attached hydrogens (primary N) is 1. The summed E-state index contributed by atoms with van der Waals surface area (Å²) in [6, 6.07) is 9.36. The van der Waals surface area contributed by atoms with Crippen molar-refractivity contribution in [2.45, 2.75) is 57.7 Å². The molecule has 0 heterocycles. The third-order valence-corrected chi connectivity index (χ3v) is 3.71. The van der Waals surface area contributed by atoms with Crippen molar-refractivity contribution in [3.8, 4) is 0 Å². The van der Waals surface area contributed by atoms with E-state index in [1.54, 1.807) is 0 Å². The van der Waals surface area contributed by atoms with Crippen molar-refractivity contribution >= 4 is 0 Å². The van der Waals surface area contributed by atoms with Gasteiger partial charge in [0.25, 0.3) is 0 Å². The highest BCUT2D eigenvalue weighted by molar-refractivity contribution is 5.22. The van der Waals surface area contributed by atoms with Crippen molar-refractivity contribution in [3.63, 3.8) is 0 Å². The van der Waals surface area contributed by atoms with Gasteiger partial charge in [-0.1, -0.05) is 49.9 Å². The molecule has 0 atom stereocenters. The Bertz CT molecular complexity index is 310. The molecule has 0 unspecified atom stereocenters. The summed E-state index contributed by atoms with van der Waals surface area (Å²) in [4.78, 5) is 0. The van der Waals surface area contributed by atoms with Crippen LogP contribution in [-0.2, 0) is 13.1 Å². The van der Waals surface area contributed by atoms with Crippen molar-refractivity contribution in [2.75, 3.05) is 0 Å². The highest BCUT2D eigenvalue weighted by atomic mass is 14.9. The van der Waals surface area contributed by atoms with E-state index >= 15 is 0 Å². The van der Waals surface area contributed by atoms with Gasteiger partial charge in [-0.05, 0) is 24.0 Å². The fourth-order valence-electron chi connectivity index (χ4n) is 2.54. The molecule has 1 fully saturated rings. The molecule has 0 aromatic heterocycles. The fourth-order valence-corrected chi connectivity index (χ4v) is 2.54. The number of benzene rings is 1. The second-order valence-electron chi connectivity index (χ2n) is 5.09. The van der Waals surface area contributed by atoms with Crippen molar-refractivity contribution in [3.05, 3.63) is 35.4 Å². The van der Waals surface area contributed by atoms with Crippen LogP contribution >= 0.6 is 0 Å². The van der Waals surface area contributed by atoms with Crippen LogP contribution in [0, 0.1) is 0 Å². The van der Waals surface area contributed by atoms with Gasteiger partial charge in [0.05, 0.1) is 0 Å². The van der Waals surface area contributed by atoms with Gasteiger partial charge in [-0.25, -0.2) is 0 Å². The number of hydrogen-bond acceptors (Lipinski definition) is 2. The standard InChI is InChI=1S/C15H24N2/c16-11-13-7-9-14(10-8-13)12-17-15-5-3-1-2-4-6-15/h7-10,15,17H,1-6,11-12,16H2. The number of rotatable bonds is 4. The molecule has 0 aliphatic heterocycles. The van der Waals surface area contributed by atoms with Crippen LogP contribution < -0.4 is 11.1 Å². The number of nitrogens with one attached hydrogen (secondary N) is 1. The van der Waals surface area contributed by atoms with E-state index < -0.39 is 0 Å². The van der Waals surface area contributed by atoms with Gasteiger partial charge in [-0.15, -0.1) is 0 Å². The smallest absolute Gasteiger partial charge is 0.0208 e. The van der Waals surface area contributed by atoms with E-state index in [4.69, 9.17) is 5.73 Å². The molecule has 0 amide bonds. The molecular weight excluding hydrogens is 208 g/mol. The van der Waals surface area contributed by atoms with Crippen LogP contribution in [0.2, 0.25) is 0 Å². The van der Waals surface area contributed by atoms with Gasteiger partial charge in [0.2, 0.25) is 0 Å². The van der Waals surface area contributed by atoms with E-state index in [1.807, 2.05) is 0 Å². The first-order valence-corrected chi connectivity index (χ1v) is 6.90. The summed E-state index contributed by atoms with van der Waals surface area (Å²) in [7, 11) is 0. The second-order valence-corrected chi connectivity index (χ2v) is 5.09. The summed E-state index contributed by atoms with van der Waals surface area (Å²) in [5, 5.41) is 3.68. The van der Waals surface area contributed by atoms with Crippen LogP contribution in [0.5, 0.6) is 0 Å². The van der Waals surface area contributed by atoms with Crippen LogP contribution in [0.1, 0.15) is 49.7 Å². The molecule has 2 nitrogen and oxygen atoms in total. The largest absolute Gasteiger partial charge is 0.326 e. The van der Waals surface area contributed by atoms with E-state index in [2.05, 4.69) is 29.6 Å².